The van der Waals surface area contributed by atoms with Crippen molar-refractivity contribution in [3.63, 3.8) is 0 Å². The first-order valence-corrected chi connectivity index (χ1v) is 6.13. The molecular weight excluding hydrogens is 262 g/mol. The molecule has 19 heavy (non-hydrogen) atoms. The molecule has 1 N–H and O–H groups in total. The summed E-state index contributed by atoms with van der Waals surface area (Å²) in [7, 11) is 0. The molecule has 3 heterocycles. The predicted molar refractivity (Wildman–Crippen MR) is 71.0 cm³/mol. The van der Waals surface area contributed by atoms with Crippen LogP contribution in [0.5, 0.6) is 0 Å². The van der Waals surface area contributed by atoms with Crippen molar-refractivity contribution in [2.45, 2.75) is 13.5 Å². The van der Waals surface area contributed by atoms with E-state index in [0.717, 1.165) is 17.1 Å². The van der Waals surface area contributed by atoms with E-state index in [1.165, 1.54) is 0 Å². The van der Waals surface area contributed by atoms with E-state index in [0.29, 0.717) is 17.1 Å². The molecular formula is C12H11N5OS. The normalized spacial score (nSPS) is 10.8. The Balaban J connectivity index is 2.02. The molecule has 0 unspecified atom stereocenters. The van der Waals surface area contributed by atoms with Gasteiger partial charge < -0.3 is 4.52 Å². The molecule has 3 aromatic rings. The van der Waals surface area contributed by atoms with Crippen LogP contribution in [0.25, 0.3) is 11.5 Å². The summed E-state index contributed by atoms with van der Waals surface area (Å²) in [5.41, 5.74) is 1.59. The molecule has 7 heteroatoms. The maximum Gasteiger partial charge on any atom is 0.195 e. The van der Waals surface area contributed by atoms with Crippen molar-refractivity contribution in [2.75, 3.05) is 0 Å². The zero-order valence-electron chi connectivity index (χ0n) is 10.2. The van der Waals surface area contributed by atoms with Gasteiger partial charge in [-0.25, -0.2) is 0 Å². The highest BCUT2D eigenvalue weighted by Gasteiger charge is 2.12. The predicted octanol–water partition coefficient (Wildman–Crippen LogP) is 2.35. The number of aromatic amines is 1. The molecule has 0 aromatic carbocycles. The molecule has 0 aliphatic carbocycles. The Hall–Kier alpha value is -2.28. The number of rotatable bonds is 3. The van der Waals surface area contributed by atoms with Crippen molar-refractivity contribution in [2.24, 2.45) is 0 Å². The van der Waals surface area contributed by atoms with Crippen LogP contribution < -0.4 is 0 Å². The number of pyridine rings is 1. The first kappa shape index (κ1) is 11.8. The van der Waals surface area contributed by atoms with Crippen LogP contribution in [0, 0.1) is 11.7 Å². The minimum Gasteiger partial charge on any atom is -0.359 e. The zero-order chi connectivity index (χ0) is 13.2. The van der Waals surface area contributed by atoms with Crippen molar-refractivity contribution < 1.29 is 4.52 Å². The Labute approximate surface area is 114 Å². The fourth-order valence-electron chi connectivity index (χ4n) is 1.80. The van der Waals surface area contributed by atoms with Crippen LogP contribution in [0.2, 0.25) is 0 Å². The monoisotopic (exact) mass is 273 g/mol. The SMILES string of the molecule is Cc1cc(Cn2c(-c3ccccn3)n[nH]c2=S)on1. The summed E-state index contributed by atoms with van der Waals surface area (Å²) in [6.07, 6.45) is 1.72. The second kappa shape index (κ2) is 4.77. The van der Waals surface area contributed by atoms with E-state index in [-0.39, 0.29) is 0 Å². The second-order valence-corrected chi connectivity index (χ2v) is 4.47. The molecule has 0 saturated heterocycles. The Morgan fingerprint density at radius 1 is 1.42 bits per heavy atom. The molecule has 0 amide bonds. The van der Waals surface area contributed by atoms with E-state index >= 15 is 0 Å². The lowest BCUT2D eigenvalue weighted by atomic mass is 10.3. The van der Waals surface area contributed by atoms with Crippen molar-refractivity contribution in [3.8, 4) is 11.5 Å². The first-order valence-electron chi connectivity index (χ1n) is 5.73. The van der Waals surface area contributed by atoms with Crippen LogP contribution in [-0.2, 0) is 6.54 Å². The third-order valence-corrected chi connectivity index (χ3v) is 2.95. The Kier molecular flexibility index (Phi) is 2.96. The Bertz CT molecular complexity index is 743. The van der Waals surface area contributed by atoms with Crippen molar-refractivity contribution in [1.29, 1.82) is 0 Å². The minimum atomic E-state index is 0.474. The summed E-state index contributed by atoms with van der Waals surface area (Å²) in [6, 6.07) is 7.52. The quantitative estimate of drug-likeness (QED) is 0.741. The molecule has 0 saturated carbocycles. The van der Waals surface area contributed by atoms with E-state index in [4.69, 9.17) is 16.7 Å². The second-order valence-electron chi connectivity index (χ2n) is 4.09. The third-order valence-electron chi connectivity index (χ3n) is 2.64. The van der Waals surface area contributed by atoms with Crippen molar-refractivity contribution in [1.82, 2.24) is 24.9 Å². The summed E-state index contributed by atoms with van der Waals surface area (Å²) < 4.78 is 7.56. The van der Waals surface area contributed by atoms with Gasteiger partial charge in [-0.2, -0.15) is 5.10 Å². The molecule has 0 aliphatic rings. The molecule has 3 aromatic heterocycles. The number of hydrogen-bond acceptors (Lipinski definition) is 5. The smallest absolute Gasteiger partial charge is 0.195 e. The maximum absolute atomic E-state index is 5.23. The lowest BCUT2D eigenvalue weighted by Crippen LogP contribution is -2.02. The van der Waals surface area contributed by atoms with Crippen LogP contribution >= 0.6 is 12.2 Å². The van der Waals surface area contributed by atoms with Gasteiger partial charge >= 0.3 is 0 Å². The van der Waals surface area contributed by atoms with Crippen LogP contribution in [0.3, 0.4) is 0 Å². The van der Waals surface area contributed by atoms with E-state index < -0.39 is 0 Å². The lowest BCUT2D eigenvalue weighted by molar-refractivity contribution is 0.373. The Morgan fingerprint density at radius 3 is 3.00 bits per heavy atom. The standard InChI is InChI=1S/C12H11N5OS/c1-8-6-9(18-16-8)7-17-11(14-15-12(17)19)10-4-2-3-5-13-10/h2-6H,7H2,1H3,(H,15,19). The van der Waals surface area contributed by atoms with Gasteiger partial charge in [0.1, 0.15) is 5.69 Å². The highest BCUT2D eigenvalue weighted by Crippen LogP contribution is 2.16. The van der Waals surface area contributed by atoms with Crippen LogP contribution in [0.1, 0.15) is 11.5 Å². The average molecular weight is 273 g/mol. The van der Waals surface area contributed by atoms with Crippen molar-refractivity contribution in [3.05, 3.63) is 46.7 Å². The summed E-state index contributed by atoms with van der Waals surface area (Å²) in [6.45, 7) is 2.35. The first-order chi connectivity index (χ1) is 9.24. The van der Waals surface area contributed by atoms with E-state index in [2.05, 4.69) is 20.3 Å². The molecule has 0 aliphatic heterocycles. The van der Waals surface area contributed by atoms with Gasteiger partial charge in [0.25, 0.3) is 0 Å². The molecule has 0 bridgehead atoms. The summed E-state index contributed by atoms with van der Waals surface area (Å²) in [5.74, 6) is 1.41. The highest BCUT2D eigenvalue weighted by molar-refractivity contribution is 7.71. The maximum atomic E-state index is 5.23. The number of hydrogen-bond donors (Lipinski definition) is 1. The van der Waals surface area contributed by atoms with E-state index in [1.54, 1.807) is 6.20 Å². The molecule has 6 nitrogen and oxygen atoms in total. The zero-order valence-corrected chi connectivity index (χ0v) is 11.0. The molecule has 0 radical (unpaired) electrons. The van der Waals surface area contributed by atoms with Gasteiger partial charge in [-0.05, 0) is 31.3 Å². The van der Waals surface area contributed by atoms with Gasteiger partial charge in [0, 0.05) is 12.3 Å². The Morgan fingerprint density at radius 2 is 2.32 bits per heavy atom. The largest absolute Gasteiger partial charge is 0.359 e. The van der Waals surface area contributed by atoms with Crippen LogP contribution in [0.15, 0.2) is 35.0 Å². The summed E-state index contributed by atoms with van der Waals surface area (Å²) in [5, 5.41) is 10.8. The summed E-state index contributed by atoms with van der Waals surface area (Å²) in [4.78, 5) is 4.27. The van der Waals surface area contributed by atoms with Gasteiger partial charge in [0.2, 0.25) is 0 Å². The van der Waals surface area contributed by atoms with Crippen LogP contribution in [-0.4, -0.2) is 24.9 Å². The average Bonchev–Trinajstić information content (AvgIpc) is 2.99. The molecule has 0 spiro atoms. The molecule has 0 fully saturated rings. The third kappa shape index (κ3) is 2.32. The van der Waals surface area contributed by atoms with Gasteiger partial charge in [-0.1, -0.05) is 11.2 Å². The van der Waals surface area contributed by atoms with E-state index in [1.807, 2.05) is 35.8 Å². The topological polar surface area (TPSA) is 72.5 Å². The number of nitrogens with one attached hydrogen (secondary N) is 1. The highest BCUT2D eigenvalue weighted by atomic mass is 32.1. The fraction of sp³-hybridized carbons (Fsp3) is 0.167. The molecule has 3 rings (SSSR count). The van der Waals surface area contributed by atoms with E-state index in [9.17, 15) is 0 Å². The van der Waals surface area contributed by atoms with Gasteiger partial charge in [-0.3, -0.25) is 14.6 Å². The summed E-state index contributed by atoms with van der Waals surface area (Å²) >= 11 is 5.23. The fourth-order valence-corrected chi connectivity index (χ4v) is 2.00. The van der Waals surface area contributed by atoms with Crippen molar-refractivity contribution >= 4 is 12.2 Å². The molecule has 96 valence electrons. The number of aromatic nitrogens is 5. The van der Waals surface area contributed by atoms with Crippen LogP contribution in [0.4, 0.5) is 0 Å². The molecule has 0 atom stereocenters. The lowest BCUT2D eigenvalue weighted by Gasteiger charge is -2.03. The number of aryl methyl sites for hydroxylation is 1. The van der Waals surface area contributed by atoms with Gasteiger partial charge in [0.15, 0.2) is 16.4 Å². The number of nitrogens with zero attached hydrogens (tertiary/aromatic N) is 4. The van der Waals surface area contributed by atoms with Gasteiger partial charge in [-0.15, -0.1) is 0 Å². The van der Waals surface area contributed by atoms with Gasteiger partial charge in [0.05, 0.1) is 12.2 Å². The minimum absolute atomic E-state index is 0.474. The number of H-pyrrole nitrogens is 1.